The molecular weight excluding hydrogens is 358 g/mol. The minimum absolute atomic E-state index is 0.197. The summed E-state index contributed by atoms with van der Waals surface area (Å²) in [5.74, 6) is 0.440. The van der Waals surface area contributed by atoms with E-state index in [-0.39, 0.29) is 18.4 Å². The Morgan fingerprint density at radius 1 is 1.11 bits per heavy atom. The van der Waals surface area contributed by atoms with Gasteiger partial charge in [-0.3, -0.25) is 9.78 Å². The van der Waals surface area contributed by atoms with Gasteiger partial charge < -0.3 is 14.6 Å². The largest absolute Gasteiger partial charge is 0.467 e. The number of fused-ring (bicyclic) bond motifs is 1. The van der Waals surface area contributed by atoms with Crippen LogP contribution < -0.4 is 10.1 Å². The normalized spacial score (nSPS) is 10.8. The van der Waals surface area contributed by atoms with E-state index in [1.807, 2.05) is 48.5 Å². The summed E-state index contributed by atoms with van der Waals surface area (Å²) >= 11 is 0. The lowest BCUT2D eigenvalue weighted by atomic mass is 10.1. The Morgan fingerprint density at radius 2 is 1.93 bits per heavy atom. The van der Waals surface area contributed by atoms with Crippen molar-refractivity contribution in [3.05, 3.63) is 66.2 Å². The monoisotopic (exact) mass is 375 g/mol. The Bertz CT molecular complexity index is 1100. The summed E-state index contributed by atoms with van der Waals surface area (Å²) in [6, 6.07) is 15.0. The van der Waals surface area contributed by atoms with Crippen molar-refractivity contribution >= 4 is 17.0 Å². The average Bonchev–Trinajstić information content (AvgIpc) is 3.15. The molecule has 3 heterocycles. The van der Waals surface area contributed by atoms with Crippen molar-refractivity contribution in [3.8, 4) is 17.1 Å². The number of nitrogens with one attached hydrogen (secondary N) is 1. The molecule has 0 saturated heterocycles. The summed E-state index contributed by atoms with van der Waals surface area (Å²) < 4.78 is 11.0. The van der Waals surface area contributed by atoms with Crippen LogP contribution in [0.2, 0.25) is 0 Å². The molecule has 140 valence electrons. The van der Waals surface area contributed by atoms with E-state index in [4.69, 9.17) is 9.26 Å². The maximum atomic E-state index is 12.2. The first kappa shape index (κ1) is 17.6. The van der Waals surface area contributed by atoms with E-state index in [1.54, 1.807) is 13.1 Å². The maximum absolute atomic E-state index is 12.2. The SMILES string of the molecule is Cc1nc(OCC(=O)NCc2ccccn2)c2c(-c3ccccc3)noc2n1. The van der Waals surface area contributed by atoms with E-state index in [2.05, 4.69) is 25.4 Å². The van der Waals surface area contributed by atoms with Crippen LogP contribution in [0.3, 0.4) is 0 Å². The number of pyridine rings is 1. The fourth-order valence-electron chi connectivity index (χ4n) is 2.70. The van der Waals surface area contributed by atoms with Gasteiger partial charge in [0.1, 0.15) is 16.9 Å². The molecule has 4 rings (SSSR count). The fraction of sp³-hybridized carbons (Fsp3) is 0.150. The van der Waals surface area contributed by atoms with Crippen molar-refractivity contribution < 1.29 is 14.1 Å². The zero-order valence-electron chi connectivity index (χ0n) is 15.1. The van der Waals surface area contributed by atoms with E-state index < -0.39 is 0 Å². The molecule has 0 fully saturated rings. The molecule has 0 aliphatic rings. The van der Waals surface area contributed by atoms with Crippen LogP contribution in [0.1, 0.15) is 11.5 Å². The molecule has 1 N–H and O–H groups in total. The Balaban J connectivity index is 1.53. The lowest BCUT2D eigenvalue weighted by Crippen LogP contribution is -2.28. The highest BCUT2D eigenvalue weighted by Gasteiger charge is 2.19. The quantitative estimate of drug-likeness (QED) is 0.552. The van der Waals surface area contributed by atoms with Gasteiger partial charge in [0, 0.05) is 11.8 Å². The Morgan fingerprint density at radius 3 is 2.71 bits per heavy atom. The molecule has 0 bridgehead atoms. The van der Waals surface area contributed by atoms with Crippen LogP contribution in [0, 0.1) is 6.92 Å². The molecule has 0 unspecified atom stereocenters. The van der Waals surface area contributed by atoms with E-state index in [9.17, 15) is 4.79 Å². The van der Waals surface area contributed by atoms with Crippen LogP contribution in [0.5, 0.6) is 5.88 Å². The number of hydrogen-bond acceptors (Lipinski definition) is 7. The second-order valence-electron chi connectivity index (χ2n) is 6.04. The van der Waals surface area contributed by atoms with Crippen LogP contribution in [-0.2, 0) is 11.3 Å². The minimum Gasteiger partial charge on any atom is -0.467 e. The van der Waals surface area contributed by atoms with Crippen LogP contribution in [0.4, 0.5) is 0 Å². The molecule has 0 saturated carbocycles. The third-order valence-electron chi connectivity index (χ3n) is 3.99. The predicted molar refractivity (Wildman–Crippen MR) is 101 cm³/mol. The van der Waals surface area contributed by atoms with E-state index >= 15 is 0 Å². The summed E-state index contributed by atoms with van der Waals surface area (Å²) in [6.07, 6.45) is 1.68. The van der Waals surface area contributed by atoms with Gasteiger partial charge in [0.15, 0.2) is 6.61 Å². The second-order valence-corrected chi connectivity index (χ2v) is 6.04. The number of carbonyl (C=O) groups excluding carboxylic acids is 1. The number of benzene rings is 1. The van der Waals surface area contributed by atoms with Crippen molar-refractivity contribution in [3.63, 3.8) is 0 Å². The summed E-state index contributed by atoms with van der Waals surface area (Å²) in [5.41, 5.74) is 2.49. The lowest BCUT2D eigenvalue weighted by molar-refractivity contribution is -0.123. The number of hydrogen-bond donors (Lipinski definition) is 1. The summed E-state index contributed by atoms with van der Waals surface area (Å²) in [7, 11) is 0. The minimum atomic E-state index is -0.284. The molecule has 0 radical (unpaired) electrons. The standard InChI is InChI=1S/C20H17N5O3/c1-13-23-19(27-12-16(26)22-11-15-9-5-6-10-21-15)17-18(25-28-20(17)24-13)14-7-3-2-4-8-14/h2-10H,11-12H2,1H3,(H,22,26). The van der Waals surface area contributed by atoms with E-state index in [1.165, 1.54) is 0 Å². The summed E-state index contributed by atoms with van der Waals surface area (Å²) in [5, 5.41) is 7.40. The number of aryl methyl sites for hydroxylation is 1. The van der Waals surface area contributed by atoms with Gasteiger partial charge in [-0.05, 0) is 19.1 Å². The highest BCUT2D eigenvalue weighted by molar-refractivity contribution is 5.93. The topological polar surface area (TPSA) is 103 Å². The third-order valence-corrected chi connectivity index (χ3v) is 3.99. The molecule has 8 heteroatoms. The van der Waals surface area contributed by atoms with Crippen LogP contribution in [0.25, 0.3) is 22.4 Å². The zero-order chi connectivity index (χ0) is 19.3. The van der Waals surface area contributed by atoms with Gasteiger partial charge in [-0.25, -0.2) is 0 Å². The number of ether oxygens (including phenoxy) is 1. The van der Waals surface area contributed by atoms with Gasteiger partial charge in [-0.15, -0.1) is 0 Å². The first-order valence-corrected chi connectivity index (χ1v) is 8.69. The number of aromatic nitrogens is 4. The van der Waals surface area contributed by atoms with Crippen molar-refractivity contribution in [2.24, 2.45) is 0 Å². The van der Waals surface area contributed by atoms with Gasteiger partial charge in [0.2, 0.25) is 5.88 Å². The van der Waals surface area contributed by atoms with Gasteiger partial charge >= 0.3 is 0 Å². The zero-order valence-corrected chi connectivity index (χ0v) is 15.1. The van der Waals surface area contributed by atoms with E-state index in [0.717, 1.165) is 11.3 Å². The van der Waals surface area contributed by atoms with E-state index in [0.29, 0.717) is 29.2 Å². The van der Waals surface area contributed by atoms with Crippen molar-refractivity contribution in [2.45, 2.75) is 13.5 Å². The van der Waals surface area contributed by atoms with Gasteiger partial charge in [-0.1, -0.05) is 41.6 Å². The van der Waals surface area contributed by atoms with Crippen molar-refractivity contribution in [2.75, 3.05) is 6.61 Å². The Hall–Kier alpha value is -3.81. The summed E-state index contributed by atoms with van der Waals surface area (Å²) in [6.45, 7) is 1.85. The molecule has 1 amide bonds. The Labute approximate surface area is 160 Å². The van der Waals surface area contributed by atoms with Gasteiger partial charge in [0.25, 0.3) is 11.6 Å². The fourth-order valence-corrected chi connectivity index (χ4v) is 2.70. The molecule has 8 nitrogen and oxygen atoms in total. The predicted octanol–water partition coefficient (Wildman–Crippen LogP) is 2.68. The number of carbonyl (C=O) groups is 1. The van der Waals surface area contributed by atoms with Crippen LogP contribution >= 0.6 is 0 Å². The van der Waals surface area contributed by atoms with Gasteiger partial charge in [0.05, 0.1) is 12.2 Å². The third kappa shape index (κ3) is 3.80. The average molecular weight is 375 g/mol. The molecule has 3 aromatic heterocycles. The molecule has 0 aliphatic carbocycles. The smallest absolute Gasteiger partial charge is 0.265 e. The van der Waals surface area contributed by atoms with Gasteiger partial charge in [-0.2, -0.15) is 9.97 Å². The molecule has 4 aromatic rings. The first-order chi connectivity index (χ1) is 13.7. The molecule has 0 aliphatic heterocycles. The lowest BCUT2D eigenvalue weighted by Gasteiger charge is -2.08. The van der Waals surface area contributed by atoms with Crippen molar-refractivity contribution in [1.29, 1.82) is 0 Å². The van der Waals surface area contributed by atoms with Crippen molar-refractivity contribution in [1.82, 2.24) is 25.4 Å². The number of rotatable bonds is 6. The second kappa shape index (κ2) is 7.83. The highest BCUT2D eigenvalue weighted by Crippen LogP contribution is 2.32. The molecule has 0 atom stereocenters. The number of amides is 1. The van der Waals surface area contributed by atoms with Crippen LogP contribution in [0.15, 0.2) is 59.3 Å². The van der Waals surface area contributed by atoms with Crippen LogP contribution in [-0.4, -0.2) is 32.6 Å². The first-order valence-electron chi connectivity index (χ1n) is 8.69. The number of nitrogens with zero attached hydrogens (tertiary/aromatic N) is 4. The highest BCUT2D eigenvalue weighted by atomic mass is 16.5. The molecule has 0 spiro atoms. The Kier molecular flexibility index (Phi) is 4.92. The molecule has 28 heavy (non-hydrogen) atoms. The molecular formula is C20H17N5O3. The summed E-state index contributed by atoms with van der Waals surface area (Å²) in [4.78, 5) is 24.9. The maximum Gasteiger partial charge on any atom is 0.265 e. The molecule has 1 aromatic carbocycles.